The fourth-order valence-corrected chi connectivity index (χ4v) is 4.93. The topological polar surface area (TPSA) is 59.1 Å². The van der Waals surface area contributed by atoms with Crippen molar-refractivity contribution in [2.75, 3.05) is 25.2 Å². The Morgan fingerprint density at radius 3 is 2.47 bits per heavy atom. The van der Waals surface area contributed by atoms with Crippen LogP contribution in [0.4, 0.5) is 18.9 Å². The van der Waals surface area contributed by atoms with Crippen LogP contribution in [0, 0.1) is 0 Å². The van der Waals surface area contributed by atoms with Crippen LogP contribution in [0.15, 0.2) is 12.1 Å². The van der Waals surface area contributed by atoms with Gasteiger partial charge in [-0.2, -0.15) is 13.2 Å². The van der Waals surface area contributed by atoms with E-state index in [4.69, 9.17) is 9.47 Å². The highest BCUT2D eigenvalue weighted by atomic mass is 19.4. The molecule has 1 aliphatic carbocycles. The first-order valence-corrected chi connectivity index (χ1v) is 12.1. The van der Waals surface area contributed by atoms with Gasteiger partial charge in [-0.3, -0.25) is 9.59 Å². The Morgan fingerprint density at radius 2 is 1.88 bits per heavy atom. The fraction of sp³-hybridized carbons (Fsp3) is 0.680. The lowest BCUT2D eigenvalue weighted by atomic mass is 9.92. The summed E-state index contributed by atoms with van der Waals surface area (Å²) in [6, 6.07) is 1.74. The van der Waals surface area contributed by atoms with Gasteiger partial charge in [-0.05, 0) is 58.6 Å². The molecular weight excluding hydrogens is 449 g/mol. The number of carbonyl (C=O) groups is 2. The minimum absolute atomic E-state index is 0.0310. The number of rotatable bonds is 8. The summed E-state index contributed by atoms with van der Waals surface area (Å²) in [6.07, 6.45) is 0.177. The highest BCUT2D eigenvalue weighted by Crippen LogP contribution is 2.43. The van der Waals surface area contributed by atoms with E-state index in [0.29, 0.717) is 26.0 Å². The van der Waals surface area contributed by atoms with Crippen LogP contribution in [0.1, 0.15) is 81.6 Å². The molecule has 1 heterocycles. The molecule has 9 heteroatoms. The van der Waals surface area contributed by atoms with E-state index in [1.165, 1.54) is 17.9 Å². The molecular formula is C25H35F3N2O4. The number of anilines is 1. The van der Waals surface area contributed by atoms with Crippen molar-refractivity contribution >= 4 is 17.5 Å². The standard InChI is InChI=1S/C25H35F3N2O4/c1-16(2)30(18-10-6-5-7-11-18)24(32)19-14-21-22(15-20(19)25(26,27)28)34-17(3)23(31)29(21)12-8-9-13-33-4/h14-18H,5-13H2,1-4H3/t17-/m1/s1. The maximum atomic E-state index is 14.1. The van der Waals surface area contributed by atoms with Crippen LogP contribution in [0.25, 0.3) is 0 Å². The number of ether oxygens (including phenoxy) is 2. The van der Waals surface area contributed by atoms with Crippen LogP contribution in [0.5, 0.6) is 5.75 Å². The van der Waals surface area contributed by atoms with Crippen molar-refractivity contribution in [2.45, 2.75) is 90.1 Å². The first kappa shape index (κ1) is 26.3. The lowest BCUT2D eigenvalue weighted by Crippen LogP contribution is -2.47. The zero-order chi connectivity index (χ0) is 25.0. The maximum absolute atomic E-state index is 14.1. The van der Waals surface area contributed by atoms with Crippen LogP contribution in [-0.2, 0) is 15.7 Å². The molecule has 1 fully saturated rings. The van der Waals surface area contributed by atoms with Crippen molar-refractivity contribution in [1.29, 1.82) is 0 Å². The molecule has 3 rings (SSSR count). The van der Waals surface area contributed by atoms with Gasteiger partial charge in [0, 0.05) is 32.3 Å². The van der Waals surface area contributed by atoms with Crippen LogP contribution in [0.3, 0.4) is 0 Å². The van der Waals surface area contributed by atoms with Crippen LogP contribution < -0.4 is 9.64 Å². The van der Waals surface area contributed by atoms with Crippen molar-refractivity contribution in [3.05, 3.63) is 23.3 Å². The lowest BCUT2D eigenvalue weighted by Gasteiger charge is -2.39. The van der Waals surface area contributed by atoms with Crippen molar-refractivity contribution < 1.29 is 32.2 Å². The van der Waals surface area contributed by atoms with Crippen LogP contribution in [0.2, 0.25) is 0 Å². The molecule has 0 unspecified atom stereocenters. The Morgan fingerprint density at radius 1 is 1.21 bits per heavy atom. The number of halogens is 3. The summed E-state index contributed by atoms with van der Waals surface area (Å²) in [4.78, 5) is 29.5. The zero-order valence-electron chi connectivity index (χ0n) is 20.4. The van der Waals surface area contributed by atoms with Gasteiger partial charge in [-0.15, -0.1) is 0 Å². The number of nitrogens with zero attached hydrogens (tertiary/aromatic N) is 2. The quantitative estimate of drug-likeness (QED) is 0.462. The van der Waals surface area contributed by atoms with Gasteiger partial charge in [0.1, 0.15) is 5.75 Å². The third kappa shape index (κ3) is 5.67. The molecule has 2 aliphatic rings. The minimum atomic E-state index is -4.74. The summed E-state index contributed by atoms with van der Waals surface area (Å²) in [5, 5.41) is 0. The zero-order valence-corrected chi connectivity index (χ0v) is 20.4. The number of alkyl halides is 3. The number of hydrogen-bond acceptors (Lipinski definition) is 4. The van der Waals surface area contributed by atoms with E-state index in [1.807, 2.05) is 13.8 Å². The van der Waals surface area contributed by atoms with Crippen LogP contribution in [-0.4, -0.2) is 55.2 Å². The molecule has 2 amide bonds. The molecule has 0 aromatic heterocycles. The maximum Gasteiger partial charge on any atom is 0.417 e. The molecule has 1 saturated carbocycles. The van der Waals surface area contributed by atoms with Crippen molar-refractivity contribution in [3.8, 4) is 5.75 Å². The van der Waals surface area contributed by atoms with Gasteiger partial charge in [0.2, 0.25) is 0 Å². The van der Waals surface area contributed by atoms with E-state index in [2.05, 4.69) is 0 Å². The number of fused-ring (bicyclic) bond motifs is 1. The number of benzene rings is 1. The van der Waals surface area contributed by atoms with Gasteiger partial charge < -0.3 is 19.3 Å². The van der Waals surface area contributed by atoms with Gasteiger partial charge in [-0.1, -0.05) is 19.3 Å². The third-order valence-corrected chi connectivity index (χ3v) is 6.58. The molecule has 1 atom stereocenters. The van der Waals surface area contributed by atoms with Crippen molar-refractivity contribution in [2.24, 2.45) is 0 Å². The molecule has 0 spiro atoms. The molecule has 0 N–H and O–H groups in total. The molecule has 6 nitrogen and oxygen atoms in total. The Balaban J connectivity index is 2.06. The number of amides is 2. The Hall–Kier alpha value is -2.29. The Bertz CT molecular complexity index is 882. The second-order valence-electron chi connectivity index (χ2n) is 9.41. The number of carbonyl (C=O) groups excluding carboxylic acids is 2. The number of methoxy groups -OCH3 is 1. The largest absolute Gasteiger partial charge is 0.479 e. The van der Waals surface area contributed by atoms with Crippen molar-refractivity contribution in [1.82, 2.24) is 4.90 Å². The SMILES string of the molecule is COCCCCN1C(=O)[C@@H](C)Oc2cc(C(F)(F)F)c(C(=O)N(C(C)C)C3CCCCC3)cc21. The minimum Gasteiger partial charge on any atom is -0.479 e. The van der Waals surface area contributed by atoms with Gasteiger partial charge in [0.05, 0.1) is 16.8 Å². The summed E-state index contributed by atoms with van der Waals surface area (Å²) < 4.78 is 53.0. The smallest absolute Gasteiger partial charge is 0.417 e. The molecule has 0 bridgehead atoms. The highest BCUT2D eigenvalue weighted by molar-refractivity contribution is 6.03. The van der Waals surface area contributed by atoms with E-state index >= 15 is 0 Å². The molecule has 190 valence electrons. The Kier molecular flexibility index (Phi) is 8.49. The third-order valence-electron chi connectivity index (χ3n) is 6.58. The fourth-order valence-electron chi connectivity index (χ4n) is 4.93. The molecule has 34 heavy (non-hydrogen) atoms. The van der Waals surface area contributed by atoms with Gasteiger partial charge in [0.15, 0.2) is 6.10 Å². The van der Waals surface area contributed by atoms with E-state index in [9.17, 15) is 22.8 Å². The molecule has 0 saturated heterocycles. The predicted octanol–water partition coefficient (Wildman–Crippen LogP) is 5.43. The average molecular weight is 485 g/mol. The molecule has 1 aliphatic heterocycles. The molecule has 0 radical (unpaired) electrons. The summed E-state index contributed by atoms with van der Waals surface area (Å²) >= 11 is 0. The Labute approximate surface area is 199 Å². The van der Waals surface area contributed by atoms with E-state index in [-0.39, 0.29) is 29.4 Å². The second-order valence-corrected chi connectivity index (χ2v) is 9.41. The number of hydrogen-bond donors (Lipinski definition) is 0. The predicted molar refractivity (Wildman–Crippen MR) is 123 cm³/mol. The summed E-state index contributed by atoms with van der Waals surface area (Å²) in [5.74, 6) is -1.02. The first-order valence-electron chi connectivity index (χ1n) is 12.1. The number of unbranched alkanes of at least 4 members (excludes halogenated alkanes) is 1. The summed E-state index contributed by atoms with van der Waals surface area (Å²) in [5.41, 5.74) is -1.25. The monoisotopic (exact) mass is 484 g/mol. The van der Waals surface area contributed by atoms with E-state index in [0.717, 1.165) is 38.2 Å². The van der Waals surface area contributed by atoms with Gasteiger partial charge >= 0.3 is 6.18 Å². The normalized spacial score (nSPS) is 19.2. The van der Waals surface area contributed by atoms with Crippen LogP contribution >= 0.6 is 0 Å². The average Bonchev–Trinajstić information content (AvgIpc) is 2.78. The van der Waals surface area contributed by atoms with Gasteiger partial charge in [0.25, 0.3) is 11.8 Å². The van der Waals surface area contributed by atoms with Crippen molar-refractivity contribution in [3.63, 3.8) is 0 Å². The first-order chi connectivity index (χ1) is 16.1. The lowest BCUT2D eigenvalue weighted by molar-refractivity contribution is -0.138. The summed E-state index contributed by atoms with van der Waals surface area (Å²) in [6.45, 7) is 5.99. The second kappa shape index (κ2) is 11.0. The van der Waals surface area contributed by atoms with Gasteiger partial charge in [-0.25, -0.2) is 0 Å². The van der Waals surface area contributed by atoms with E-state index < -0.39 is 29.3 Å². The molecule has 1 aromatic carbocycles. The highest BCUT2D eigenvalue weighted by Gasteiger charge is 2.42. The summed E-state index contributed by atoms with van der Waals surface area (Å²) in [7, 11) is 1.58. The molecule has 1 aromatic rings. The van der Waals surface area contributed by atoms with E-state index in [1.54, 1.807) is 12.0 Å².